The van der Waals surface area contributed by atoms with Crippen molar-refractivity contribution in [2.24, 2.45) is 17.7 Å². The third-order valence-electron chi connectivity index (χ3n) is 7.85. The van der Waals surface area contributed by atoms with Crippen LogP contribution in [0.25, 0.3) is 39.6 Å². The maximum absolute atomic E-state index is 12.6. The van der Waals surface area contributed by atoms with Crippen molar-refractivity contribution in [2.75, 3.05) is 18.5 Å². The van der Waals surface area contributed by atoms with Crippen molar-refractivity contribution >= 4 is 28.7 Å². The van der Waals surface area contributed by atoms with E-state index in [4.69, 9.17) is 10.8 Å². The Bertz CT molecular complexity index is 1480. The quantitative estimate of drug-likeness (QED) is 0.251. The summed E-state index contributed by atoms with van der Waals surface area (Å²) in [5, 5.41) is 0. The van der Waals surface area contributed by atoms with Gasteiger partial charge >= 0.3 is 0 Å². The molecule has 188 valence electrons. The summed E-state index contributed by atoms with van der Waals surface area (Å²) < 4.78 is 2.36. The molecule has 0 unspecified atom stereocenters. The second-order valence-corrected chi connectivity index (χ2v) is 10.4. The van der Waals surface area contributed by atoms with Crippen molar-refractivity contribution in [3.8, 4) is 22.5 Å². The Morgan fingerprint density at radius 3 is 2.57 bits per heavy atom. The highest BCUT2D eigenvalue weighted by molar-refractivity contribution is 5.84. The van der Waals surface area contributed by atoms with Crippen LogP contribution in [0.3, 0.4) is 0 Å². The lowest BCUT2D eigenvalue weighted by atomic mass is 10.0. The monoisotopic (exact) mass is 491 g/mol. The Kier molecular flexibility index (Phi) is 6.05. The Morgan fingerprint density at radius 1 is 1.08 bits per heavy atom. The fraction of sp³-hybridized carbons (Fsp3) is 0.290. The first-order valence-electron chi connectivity index (χ1n) is 13.1. The van der Waals surface area contributed by atoms with Crippen LogP contribution in [0.4, 0.5) is 5.69 Å². The van der Waals surface area contributed by atoms with E-state index in [1.54, 1.807) is 6.08 Å². The summed E-state index contributed by atoms with van der Waals surface area (Å²) in [6, 6.07) is 21.1. The van der Waals surface area contributed by atoms with E-state index in [9.17, 15) is 4.79 Å². The van der Waals surface area contributed by atoms with Gasteiger partial charge in [-0.1, -0.05) is 61.2 Å². The number of likely N-dealkylation sites (tertiary alicyclic amines) is 1. The Hall–Kier alpha value is -3.90. The van der Waals surface area contributed by atoms with Crippen molar-refractivity contribution in [1.82, 2.24) is 14.5 Å². The highest BCUT2D eigenvalue weighted by Gasteiger charge is 2.36. The van der Waals surface area contributed by atoms with Crippen LogP contribution in [0.1, 0.15) is 30.4 Å². The van der Waals surface area contributed by atoms with Crippen LogP contribution in [0, 0.1) is 18.8 Å². The topological polar surface area (TPSA) is 76.2 Å². The summed E-state index contributed by atoms with van der Waals surface area (Å²) in [5.41, 5.74) is 11.2. The molecule has 6 nitrogen and oxygen atoms in total. The average molecular weight is 492 g/mol. The van der Waals surface area contributed by atoms with E-state index in [0.717, 1.165) is 83.7 Å². The molecule has 1 atom stereocenters. The minimum absolute atomic E-state index is 0.286. The summed E-state index contributed by atoms with van der Waals surface area (Å²) in [4.78, 5) is 19.8. The number of aryl methyl sites for hydroxylation is 1. The van der Waals surface area contributed by atoms with Gasteiger partial charge in [0.05, 0.1) is 16.7 Å². The number of para-hydroxylation sites is 1. The number of amides is 1. The van der Waals surface area contributed by atoms with Gasteiger partial charge in [-0.25, -0.2) is 4.98 Å². The summed E-state index contributed by atoms with van der Waals surface area (Å²) >= 11 is 0. The number of imidazole rings is 1. The number of nitrogens with two attached hydrogens (primary N) is 1. The molecule has 37 heavy (non-hydrogen) atoms. The van der Waals surface area contributed by atoms with Crippen molar-refractivity contribution in [3.63, 3.8) is 0 Å². The second kappa shape index (κ2) is 9.52. The molecule has 1 saturated carbocycles. The van der Waals surface area contributed by atoms with E-state index in [1.165, 1.54) is 5.56 Å². The number of aromatic nitrogens is 2. The van der Waals surface area contributed by atoms with Gasteiger partial charge in [0.15, 0.2) is 0 Å². The molecular weight excluding hydrogens is 458 g/mol. The molecule has 6 rings (SSSR count). The number of fused-ring (bicyclic) bond motifs is 1. The summed E-state index contributed by atoms with van der Waals surface area (Å²) in [7, 11) is 0. The number of anilines is 1. The summed E-state index contributed by atoms with van der Waals surface area (Å²) in [6.45, 7) is 8.55. The van der Waals surface area contributed by atoms with Gasteiger partial charge in [-0.3, -0.25) is 10.6 Å². The molecule has 1 aliphatic heterocycles. The fourth-order valence-corrected chi connectivity index (χ4v) is 5.57. The first kappa shape index (κ1) is 23.5. The Morgan fingerprint density at radius 2 is 1.84 bits per heavy atom. The molecule has 0 bridgehead atoms. The lowest BCUT2D eigenvalue weighted by molar-refractivity contribution is -0.131. The molecule has 1 saturated heterocycles. The molecule has 6 heteroatoms. The Labute approximate surface area is 217 Å². The molecule has 1 aliphatic carbocycles. The summed E-state index contributed by atoms with van der Waals surface area (Å²) in [6.07, 6.45) is 4.96. The van der Waals surface area contributed by atoms with Gasteiger partial charge in [0.25, 0.3) is 0 Å². The number of nitrogens with zero attached hydrogens (tertiary/aromatic N) is 3. The van der Waals surface area contributed by atoms with Crippen LogP contribution >= 0.6 is 0 Å². The number of rotatable bonds is 7. The molecule has 3 aromatic carbocycles. The SMILES string of the molecule is C=Cc1ccc(-c2ccc(-c3nc4c(C)cccc4n3C[C@@H]3CCN(C(=O)C4CC4)C3)cc2)cc1NN. The van der Waals surface area contributed by atoms with Crippen molar-refractivity contribution in [2.45, 2.75) is 32.7 Å². The third-order valence-corrected chi connectivity index (χ3v) is 7.85. The smallest absolute Gasteiger partial charge is 0.225 e. The molecule has 2 fully saturated rings. The Balaban J connectivity index is 1.32. The number of hydrogen-bond acceptors (Lipinski definition) is 4. The van der Waals surface area contributed by atoms with E-state index in [2.05, 4.69) is 76.9 Å². The lowest BCUT2D eigenvalue weighted by Gasteiger charge is -2.18. The molecule has 0 radical (unpaired) electrons. The highest BCUT2D eigenvalue weighted by Crippen LogP contribution is 2.35. The van der Waals surface area contributed by atoms with Crippen LogP contribution in [-0.2, 0) is 11.3 Å². The minimum Gasteiger partial charge on any atom is -0.342 e. The number of carbonyl (C=O) groups excluding carboxylic acids is 1. The predicted molar refractivity (Wildman–Crippen MR) is 151 cm³/mol. The number of hydrogen-bond donors (Lipinski definition) is 2. The van der Waals surface area contributed by atoms with Gasteiger partial charge in [-0.2, -0.15) is 0 Å². The van der Waals surface area contributed by atoms with E-state index in [-0.39, 0.29) is 5.92 Å². The number of nitrogen functional groups attached to an aromatic ring is 1. The van der Waals surface area contributed by atoms with E-state index in [0.29, 0.717) is 11.8 Å². The van der Waals surface area contributed by atoms with Crippen LogP contribution in [0.15, 0.2) is 67.2 Å². The number of carbonyl (C=O) groups is 1. The number of nitrogens with one attached hydrogen (secondary N) is 1. The predicted octanol–water partition coefficient (Wildman–Crippen LogP) is 5.87. The molecule has 2 aliphatic rings. The zero-order valence-corrected chi connectivity index (χ0v) is 21.3. The molecule has 2 heterocycles. The molecule has 4 aromatic rings. The van der Waals surface area contributed by atoms with Crippen molar-refractivity contribution in [1.29, 1.82) is 0 Å². The first-order valence-corrected chi connectivity index (χ1v) is 13.1. The number of benzene rings is 3. The van der Waals surface area contributed by atoms with Crippen LogP contribution < -0.4 is 11.3 Å². The highest BCUT2D eigenvalue weighted by atomic mass is 16.2. The molecular formula is C31H33N5O. The van der Waals surface area contributed by atoms with Crippen molar-refractivity contribution < 1.29 is 4.79 Å². The zero-order valence-electron chi connectivity index (χ0n) is 21.3. The van der Waals surface area contributed by atoms with Gasteiger partial charge in [0.2, 0.25) is 5.91 Å². The molecule has 1 aromatic heterocycles. The van der Waals surface area contributed by atoms with E-state index >= 15 is 0 Å². The van der Waals surface area contributed by atoms with Gasteiger partial charge < -0.3 is 14.9 Å². The van der Waals surface area contributed by atoms with Gasteiger partial charge in [0.1, 0.15) is 5.82 Å². The maximum atomic E-state index is 12.6. The van der Waals surface area contributed by atoms with Crippen LogP contribution in [0.2, 0.25) is 0 Å². The molecule has 0 spiro atoms. The van der Waals surface area contributed by atoms with Crippen LogP contribution in [0.5, 0.6) is 0 Å². The van der Waals surface area contributed by atoms with Crippen molar-refractivity contribution in [3.05, 3.63) is 78.4 Å². The van der Waals surface area contributed by atoms with Gasteiger partial charge in [-0.15, -0.1) is 0 Å². The summed E-state index contributed by atoms with van der Waals surface area (Å²) in [5.74, 6) is 7.78. The normalized spacial score (nSPS) is 17.4. The largest absolute Gasteiger partial charge is 0.342 e. The third kappa shape index (κ3) is 4.42. The molecule has 1 amide bonds. The van der Waals surface area contributed by atoms with Gasteiger partial charge in [0, 0.05) is 31.1 Å². The standard InChI is InChI=1S/C31H33N5O/c1-3-22-7-14-26(17-27(22)34-32)23-8-10-24(11-9-23)30-33-29-20(2)5-4-6-28(29)36(30)19-21-15-16-35(18-21)31(37)25-12-13-25/h3-11,14,17,21,25,34H,1,12-13,15-16,18-19,32H2,2H3/t21-/m1/s1. The first-order chi connectivity index (χ1) is 18.1. The fourth-order valence-electron chi connectivity index (χ4n) is 5.57. The minimum atomic E-state index is 0.286. The van der Waals surface area contributed by atoms with Crippen LogP contribution in [-0.4, -0.2) is 33.4 Å². The average Bonchev–Trinajstić information content (AvgIpc) is 3.57. The van der Waals surface area contributed by atoms with E-state index < -0.39 is 0 Å². The van der Waals surface area contributed by atoms with Gasteiger partial charge in [-0.05, 0) is 66.5 Å². The second-order valence-electron chi connectivity index (χ2n) is 10.4. The lowest BCUT2D eigenvalue weighted by Crippen LogP contribution is -2.30. The zero-order chi connectivity index (χ0) is 25.5. The van der Waals surface area contributed by atoms with E-state index in [1.807, 2.05) is 12.1 Å². The maximum Gasteiger partial charge on any atom is 0.225 e. The molecule has 3 N–H and O–H groups in total. The number of hydrazine groups is 1.